The lowest BCUT2D eigenvalue weighted by Gasteiger charge is -2.27. The highest BCUT2D eigenvalue weighted by Gasteiger charge is 2.22. The van der Waals surface area contributed by atoms with Crippen molar-refractivity contribution >= 4 is 18.1 Å². The van der Waals surface area contributed by atoms with Gasteiger partial charge in [0.1, 0.15) is 0 Å². The molecule has 3 aromatic rings. The Morgan fingerprint density at radius 1 is 1.12 bits per heavy atom. The van der Waals surface area contributed by atoms with Crippen LogP contribution >= 0.6 is 12.2 Å². The number of H-pyrrole nitrogens is 1. The molecule has 32 heavy (non-hydrogen) atoms. The van der Waals surface area contributed by atoms with E-state index < -0.39 is 0 Å². The third-order valence-corrected chi connectivity index (χ3v) is 6.77. The molecule has 1 unspecified atom stereocenters. The van der Waals surface area contributed by atoms with Gasteiger partial charge in [-0.3, -0.25) is 14.5 Å². The second-order valence-corrected chi connectivity index (χ2v) is 9.28. The third-order valence-electron chi connectivity index (χ3n) is 6.46. The number of nitrogens with zero attached hydrogens (tertiary/aromatic N) is 2. The van der Waals surface area contributed by atoms with Crippen LogP contribution in [0.4, 0.5) is 0 Å². The fourth-order valence-electron chi connectivity index (χ4n) is 4.65. The van der Waals surface area contributed by atoms with Crippen LogP contribution in [0.3, 0.4) is 0 Å². The van der Waals surface area contributed by atoms with Crippen LogP contribution in [0.5, 0.6) is 0 Å². The van der Waals surface area contributed by atoms with Gasteiger partial charge in [0.05, 0.1) is 6.04 Å². The molecule has 0 aliphatic heterocycles. The zero-order valence-electron chi connectivity index (χ0n) is 18.7. The summed E-state index contributed by atoms with van der Waals surface area (Å²) >= 11 is 5.44. The first-order valence-electron chi connectivity index (χ1n) is 11.7. The van der Waals surface area contributed by atoms with E-state index >= 15 is 0 Å². The van der Waals surface area contributed by atoms with Gasteiger partial charge in [-0.05, 0) is 37.0 Å². The summed E-state index contributed by atoms with van der Waals surface area (Å²) in [6.07, 6.45) is 7.86. The smallest absolute Gasteiger partial charge is 0.222 e. The number of aromatic amines is 1. The summed E-state index contributed by atoms with van der Waals surface area (Å²) in [7, 11) is 0. The van der Waals surface area contributed by atoms with E-state index in [-0.39, 0.29) is 11.9 Å². The van der Waals surface area contributed by atoms with Crippen molar-refractivity contribution in [2.45, 2.75) is 64.5 Å². The molecule has 168 valence electrons. The summed E-state index contributed by atoms with van der Waals surface area (Å²) in [5, 5.41) is 10.6. The monoisotopic (exact) mass is 448 g/mol. The molecule has 1 aliphatic rings. The zero-order chi connectivity index (χ0) is 22.3. The maximum Gasteiger partial charge on any atom is 0.222 e. The molecule has 1 saturated carbocycles. The molecule has 2 N–H and O–H groups in total. The Morgan fingerprint density at radius 3 is 2.56 bits per heavy atom. The maximum absolute atomic E-state index is 13.0. The Labute approximate surface area is 195 Å². The molecule has 1 amide bonds. The maximum atomic E-state index is 13.0. The SMILES string of the molecule is Cc1ccc(-c2n[nH]c(=S)n2CCC(=O)NC(CC2CCCCC2)c2ccccc2)cc1. The average molecular weight is 449 g/mol. The van der Waals surface area contributed by atoms with Gasteiger partial charge in [0.15, 0.2) is 10.6 Å². The van der Waals surface area contributed by atoms with Crippen LogP contribution in [-0.4, -0.2) is 20.7 Å². The summed E-state index contributed by atoms with van der Waals surface area (Å²) in [4.78, 5) is 13.0. The molecule has 4 rings (SSSR count). The van der Waals surface area contributed by atoms with E-state index in [1.54, 1.807) is 0 Å². The number of amides is 1. The number of rotatable bonds is 8. The lowest BCUT2D eigenvalue weighted by molar-refractivity contribution is -0.122. The van der Waals surface area contributed by atoms with Crippen molar-refractivity contribution in [2.75, 3.05) is 0 Å². The molecule has 1 aromatic heterocycles. The number of aromatic nitrogens is 3. The number of carbonyl (C=O) groups is 1. The van der Waals surface area contributed by atoms with E-state index in [0.29, 0.717) is 23.7 Å². The van der Waals surface area contributed by atoms with Crippen molar-refractivity contribution < 1.29 is 4.79 Å². The number of nitrogens with one attached hydrogen (secondary N) is 2. The molecule has 1 heterocycles. The Hall–Kier alpha value is -2.73. The Bertz CT molecular complexity index is 1070. The van der Waals surface area contributed by atoms with Gasteiger partial charge >= 0.3 is 0 Å². The fourth-order valence-corrected chi connectivity index (χ4v) is 4.87. The predicted molar refractivity (Wildman–Crippen MR) is 131 cm³/mol. The summed E-state index contributed by atoms with van der Waals surface area (Å²) < 4.78 is 2.45. The largest absolute Gasteiger partial charge is 0.349 e. The molecule has 1 aliphatic carbocycles. The van der Waals surface area contributed by atoms with Crippen molar-refractivity contribution in [3.8, 4) is 11.4 Å². The van der Waals surface area contributed by atoms with E-state index in [4.69, 9.17) is 12.2 Å². The van der Waals surface area contributed by atoms with Crippen LogP contribution in [0, 0.1) is 17.6 Å². The van der Waals surface area contributed by atoms with Crippen molar-refractivity contribution in [3.63, 3.8) is 0 Å². The van der Waals surface area contributed by atoms with Crippen molar-refractivity contribution in [2.24, 2.45) is 5.92 Å². The van der Waals surface area contributed by atoms with Crippen LogP contribution in [0.1, 0.15) is 62.1 Å². The van der Waals surface area contributed by atoms with Crippen LogP contribution in [0.2, 0.25) is 0 Å². The molecule has 6 heteroatoms. The zero-order valence-corrected chi connectivity index (χ0v) is 19.5. The summed E-state index contributed by atoms with van der Waals surface area (Å²) in [5.74, 6) is 1.50. The van der Waals surface area contributed by atoms with Crippen LogP contribution in [0.25, 0.3) is 11.4 Å². The molecule has 0 saturated heterocycles. The molecule has 2 aromatic carbocycles. The van der Waals surface area contributed by atoms with Gasteiger partial charge in [-0.2, -0.15) is 5.10 Å². The molecule has 1 fully saturated rings. The standard InChI is InChI=1S/C26H32N4OS/c1-19-12-14-22(15-13-19)25-28-29-26(32)30(25)17-16-24(31)27-23(21-10-6-3-7-11-21)18-20-8-4-2-5-9-20/h3,6-7,10-15,20,23H,2,4-5,8-9,16-18H2,1H3,(H,27,31)(H,29,32). The summed E-state index contributed by atoms with van der Waals surface area (Å²) in [6.45, 7) is 2.55. The average Bonchev–Trinajstić information content (AvgIpc) is 3.19. The van der Waals surface area contributed by atoms with E-state index in [9.17, 15) is 4.79 Å². The number of hydrogen-bond donors (Lipinski definition) is 2. The van der Waals surface area contributed by atoms with E-state index in [2.05, 4.69) is 46.7 Å². The van der Waals surface area contributed by atoms with E-state index in [1.807, 2.05) is 34.9 Å². The highest BCUT2D eigenvalue weighted by atomic mass is 32.1. The van der Waals surface area contributed by atoms with Crippen LogP contribution < -0.4 is 5.32 Å². The third kappa shape index (κ3) is 5.74. The lowest BCUT2D eigenvalue weighted by atomic mass is 9.83. The highest BCUT2D eigenvalue weighted by molar-refractivity contribution is 7.71. The Morgan fingerprint density at radius 2 is 1.84 bits per heavy atom. The van der Waals surface area contributed by atoms with Gasteiger partial charge in [0, 0.05) is 18.5 Å². The van der Waals surface area contributed by atoms with Crippen LogP contribution in [0.15, 0.2) is 54.6 Å². The Balaban J connectivity index is 1.43. The normalized spacial score (nSPS) is 15.4. The minimum absolute atomic E-state index is 0.0487. The van der Waals surface area contributed by atoms with Gasteiger partial charge in [-0.25, -0.2) is 0 Å². The number of hydrogen-bond acceptors (Lipinski definition) is 3. The van der Waals surface area contributed by atoms with Crippen molar-refractivity contribution in [1.82, 2.24) is 20.1 Å². The predicted octanol–water partition coefficient (Wildman–Crippen LogP) is 6.13. The molecule has 0 radical (unpaired) electrons. The first-order chi connectivity index (χ1) is 15.6. The van der Waals surface area contributed by atoms with Gasteiger partial charge in [-0.15, -0.1) is 0 Å². The van der Waals surface area contributed by atoms with Crippen LogP contribution in [-0.2, 0) is 11.3 Å². The topological polar surface area (TPSA) is 62.7 Å². The molecule has 0 spiro atoms. The second-order valence-electron chi connectivity index (χ2n) is 8.89. The van der Waals surface area contributed by atoms with Gasteiger partial charge in [0.25, 0.3) is 0 Å². The highest BCUT2D eigenvalue weighted by Crippen LogP contribution is 2.32. The van der Waals surface area contributed by atoms with E-state index in [1.165, 1.54) is 43.2 Å². The number of aryl methyl sites for hydroxylation is 1. The summed E-state index contributed by atoms with van der Waals surface area (Å²) in [6, 6.07) is 18.6. The minimum Gasteiger partial charge on any atom is -0.349 e. The van der Waals surface area contributed by atoms with Crippen molar-refractivity contribution in [3.05, 3.63) is 70.5 Å². The number of benzene rings is 2. The molecule has 5 nitrogen and oxygen atoms in total. The van der Waals surface area contributed by atoms with Gasteiger partial charge < -0.3 is 5.32 Å². The molecular formula is C26H32N4OS. The first kappa shape index (κ1) is 22.5. The van der Waals surface area contributed by atoms with Gasteiger partial charge in [0.2, 0.25) is 5.91 Å². The first-order valence-corrected chi connectivity index (χ1v) is 12.1. The fraction of sp³-hybridized carbons (Fsp3) is 0.423. The van der Waals surface area contributed by atoms with Gasteiger partial charge in [-0.1, -0.05) is 92.3 Å². The molecular weight excluding hydrogens is 416 g/mol. The van der Waals surface area contributed by atoms with Crippen molar-refractivity contribution in [1.29, 1.82) is 0 Å². The molecule has 1 atom stereocenters. The number of carbonyl (C=O) groups excluding carboxylic acids is 1. The quantitative estimate of drug-likeness (QED) is 0.407. The van der Waals surface area contributed by atoms with E-state index in [0.717, 1.165) is 17.8 Å². The summed E-state index contributed by atoms with van der Waals surface area (Å²) in [5.41, 5.74) is 3.37. The molecule has 0 bridgehead atoms. The lowest BCUT2D eigenvalue weighted by Crippen LogP contribution is -2.31. The second kappa shape index (κ2) is 10.7. The Kier molecular flexibility index (Phi) is 7.53. The minimum atomic E-state index is 0.0487.